The van der Waals surface area contributed by atoms with Crippen molar-refractivity contribution in [3.8, 4) is 0 Å². The Hall–Kier alpha value is -0.610. The van der Waals surface area contributed by atoms with E-state index in [1.165, 1.54) is 0 Å². The van der Waals surface area contributed by atoms with Gasteiger partial charge in [-0.25, -0.2) is 0 Å². The van der Waals surface area contributed by atoms with Crippen LogP contribution in [-0.4, -0.2) is 30.2 Å². The number of hydrogen-bond donors (Lipinski definition) is 3. The summed E-state index contributed by atoms with van der Waals surface area (Å²) in [6, 6.07) is -0.168. The van der Waals surface area contributed by atoms with Crippen molar-refractivity contribution in [1.82, 2.24) is 5.32 Å². The zero-order valence-corrected chi connectivity index (χ0v) is 6.13. The van der Waals surface area contributed by atoms with Gasteiger partial charge in [0.05, 0.1) is 6.61 Å². The summed E-state index contributed by atoms with van der Waals surface area (Å²) in [6.07, 6.45) is 0.324. The van der Waals surface area contributed by atoms with Gasteiger partial charge < -0.3 is 16.2 Å². The standard InChI is InChI=1S/C6H14N2O2/c1-5(4-9)8-6(10)2-3-7/h5,9H,2-4,7H2,1H3,(H,8,10). The van der Waals surface area contributed by atoms with E-state index in [0.29, 0.717) is 13.0 Å². The molecule has 1 unspecified atom stereocenters. The predicted molar refractivity (Wildman–Crippen MR) is 38.4 cm³/mol. The molecule has 0 aliphatic rings. The van der Waals surface area contributed by atoms with Crippen LogP contribution in [0.15, 0.2) is 0 Å². The van der Waals surface area contributed by atoms with Gasteiger partial charge in [-0.2, -0.15) is 0 Å². The number of carbonyl (C=O) groups excluding carboxylic acids is 1. The molecule has 1 amide bonds. The normalized spacial score (nSPS) is 12.7. The first-order chi connectivity index (χ1) is 4.70. The molecule has 1 atom stereocenters. The summed E-state index contributed by atoms with van der Waals surface area (Å²) in [4.78, 5) is 10.7. The molecule has 0 heterocycles. The van der Waals surface area contributed by atoms with Crippen LogP contribution in [0.2, 0.25) is 0 Å². The van der Waals surface area contributed by atoms with Crippen LogP contribution >= 0.6 is 0 Å². The molecule has 0 fully saturated rings. The lowest BCUT2D eigenvalue weighted by molar-refractivity contribution is -0.121. The Labute approximate surface area is 60.4 Å². The first-order valence-corrected chi connectivity index (χ1v) is 3.31. The van der Waals surface area contributed by atoms with Gasteiger partial charge in [-0.3, -0.25) is 4.79 Å². The minimum absolute atomic E-state index is 0.0314. The molecule has 0 saturated carbocycles. The number of aliphatic hydroxyl groups is 1. The molecule has 4 nitrogen and oxygen atoms in total. The van der Waals surface area contributed by atoms with Gasteiger partial charge in [-0.15, -0.1) is 0 Å². The fourth-order valence-electron chi connectivity index (χ4n) is 0.524. The molecule has 0 aliphatic carbocycles. The molecule has 0 radical (unpaired) electrons. The highest BCUT2D eigenvalue weighted by Gasteiger charge is 2.03. The molecule has 0 aromatic heterocycles. The van der Waals surface area contributed by atoms with Gasteiger partial charge in [0.1, 0.15) is 0 Å². The van der Waals surface area contributed by atoms with Crippen molar-refractivity contribution in [2.45, 2.75) is 19.4 Å². The quantitative estimate of drug-likeness (QED) is 0.468. The van der Waals surface area contributed by atoms with Gasteiger partial charge in [0.25, 0.3) is 0 Å². The van der Waals surface area contributed by atoms with Crippen molar-refractivity contribution in [2.24, 2.45) is 5.73 Å². The third-order valence-electron chi connectivity index (χ3n) is 1.05. The number of rotatable bonds is 4. The lowest BCUT2D eigenvalue weighted by atomic mass is 10.3. The second kappa shape index (κ2) is 5.20. The molecule has 10 heavy (non-hydrogen) atoms. The maximum absolute atomic E-state index is 10.7. The van der Waals surface area contributed by atoms with Gasteiger partial charge in [0.15, 0.2) is 0 Å². The molecule has 0 aromatic rings. The van der Waals surface area contributed by atoms with E-state index in [4.69, 9.17) is 10.8 Å². The third-order valence-corrected chi connectivity index (χ3v) is 1.05. The van der Waals surface area contributed by atoms with Gasteiger partial charge in [-0.1, -0.05) is 0 Å². The number of nitrogens with one attached hydrogen (secondary N) is 1. The van der Waals surface area contributed by atoms with Crippen LogP contribution in [0.5, 0.6) is 0 Å². The first kappa shape index (κ1) is 9.39. The van der Waals surface area contributed by atoms with Crippen molar-refractivity contribution in [3.05, 3.63) is 0 Å². The third kappa shape index (κ3) is 4.29. The Morgan fingerprint density at radius 3 is 2.80 bits per heavy atom. The van der Waals surface area contributed by atoms with Crippen molar-refractivity contribution in [1.29, 1.82) is 0 Å². The Balaban J connectivity index is 3.37. The van der Waals surface area contributed by atoms with Gasteiger partial charge in [0.2, 0.25) is 5.91 Å². The van der Waals surface area contributed by atoms with E-state index in [1.807, 2.05) is 0 Å². The van der Waals surface area contributed by atoms with E-state index in [2.05, 4.69) is 5.32 Å². The van der Waals surface area contributed by atoms with Crippen LogP contribution in [0.3, 0.4) is 0 Å². The molecule has 0 saturated heterocycles. The van der Waals surface area contributed by atoms with Crippen LogP contribution in [0.25, 0.3) is 0 Å². The average molecular weight is 146 g/mol. The zero-order chi connectivity index (χ0) is 7.98. The Morgan fingerprint density at radius 1 is 1.80 bits per heavy atom. The molecular weight excluding hydrogens is 132 g/mol. The number of hydrogen-bond acceptors (Lipinski definition) is 3. The van der Waals surface area contributed by atoms with Crippen LogP contribution in [-0.2, 0) is 4.79 Å². The maximum atomic E-state index is 10.7. The van der Waals surface area contributed by atoms with E-state index in [0.717, 1.165) is 0 Å². The number of amides is 1. The van der Waals surface area contributed by atoms with Crippen molar-refractivity contribution < 1.29 is 9.90 Å². The number of aliphatic hydroxyl groups excluding tert-OH is 1. The van der Waals surface area contributed by atoms with E-state index in [9.17, 15) is 4.79 Å². The maximum Gasteiger partial charge on any atom is 0.221 e. The summed E-state index contributed by atoms with van der Waals surface area (Å²) in [5.41, 5.74) is 5.12. The van der Waals surface area contributed by atoms with Crippen molar-refractivity contribution in [3.63, 3.8) is 0 Å². The summed E-state index contributed by atoms with van der Waals surface area (Å²) in [7, 11) is 0. The lowest BCUT2D eigenvalue weighted by Gasteiger charge is -2.09. The molecule has 0 rings (SSSR count). The number of carbonyl (C=O) groups is 1. The summed E-state index contributed by atoms with van der Waals surface area (Å²) in [5.74, 6) is -0.107. The topological polar surface area (TPSA) is 75.3 Å². The molecule has 60 valence electrons. The minimum atomic E-state index is -0.168. The van der Waals surface area contributed by atoms with Gasteiger partial charge in [0, 0.05) is 19.0 Å². The highest BCUT2D eigenvalue weighted by Crippen LogP contribution is 1.80. The molecular formula is C6H14N2O2. The second-order valence-corrected chi connectivity index (χ2v) is 2.19. The molecule has 0 aliphatic heterocycles. The van der Waals surface area contributed by atoms with E-state index < -0.39 is 0 Å². The SMILES string of the molecule is CC(CO)NC(=O)CCN. The van der Waals surface area contributed by atoms with E-state index in [-0.39, 0.29) is 18.6 Å². The van der Waals surface area contributed by atoms with Gasteiger partial charge in [-0.05, 0) is 6.92 Å². The fourth-order valence-corrected chi connectivity index (χ4v) is 0.524. The van der Waals surface area contributed by atoms with Crippen molar-refractivity contribution >= 4 is 5.91 Å². The highest BCUT2D eigenvalue weighted by atomic mass is 16.3. The first-order valence-electron chi connectivity index (χ1n) is 3.31. The van der Waals surface area contributed by atoms with Crippen molar-refractivity contribution in [2.75, 3.05) is 13.2 Å². The molecule has 0 bridgehead atoms. The van der Waals surface area contributed by atoms with Crippen LogP contribution in [0.4, 0.5) is 0 Å². The van der Waals surface area contributed by atoms with Crippen LogP contribution < -0.4 is 11.1 Å². The van der Waals surface area contributed by atoms with Crippen LogP contribution in [0.1, 0.15) is 13.3 Å². The second-order valence-electron chi connectivity index (χ2n) is 2.19. The highest BCUT2D eigenvalue weighted by molar-refractivity contribution is 5.76. The smallest absolute Gasteiger partial charge is 0.221 e. The summed E-state index contributed by atoms with van der Waals surface area (Å²) < 4.78 is 0. The number of nitrogens with two attached hydrogens (primary N) is 1. The zero-order valence-electron chi connectivity index (χ0n) is 6.13. The lowest BCUT2D eigenvalue weighted by Crippen LogP contribution is -2.35. The predicted octanol–water partition coefficient (Wildman–Crippen LogP) is -1.17. The Kier molecular flexibility index (Phi) is 4.88. The van der Waals surface area contributed by atoms with E-state index in [1.54, 1.807) is 6.92 Å². The summed E-state index contributed by atoms with van der Waals surface area (Å²) >= 11 is 0. The van der Waals surface area contributed by atoms with Crippen LogP contribution in [0, 0.1) is 0 Å². The molecule has 0 spiro atoms. The average Bonchev–Trinajstić information content (AvgIpc) is 1.88. The molecule has 4 N–H and O–H groups in total. The summed E-state index contributed by atoms with van der Waals surface area (Å²) in [5, 5.41) is 11.1. The van der Waals surface area contributed by atoms with E-state index >= 15 is 0 Å². The van der Waals surface area contributed by atoms with Gasteiger partial charge >= 0.3 is 0 Å². The molecule has 4 heteroatoms. The monoisotopic (exact) mass is 146 g/mol. The molecule has 0 aromatic carbocycles. The Morgan fingerprint density at radius 2 is 2.40 bits per heavy atom. The fraction of sp³-hybridized carbons (Fsp3) is 0.833. The Bertz CT molecular complexity index is 106. The summed E-state index contributed by atoms with van der Waals surface area (Å²) in [6.45, 7) is 2.05. The largest absolute Gasteiger partial charge is 0.394 e. The minimum Gasteiger partial charge on any atom is -0.394 e.